The van der Waals surface area contributed by atoms with Crippen LogP contribution < -0.4 is 20.3 Å². The fourth-order valence-electron chi connectivity index (χ4n) is 5.90. The molecule has 0 aromatic heterocycles. The Balaban J connectivity index is 1.42. The summed E-state index contributed by atoms with van der Waals surface area (Å²) < 4.78 is 29.4. The van der Waals surface area contributed by atoms with Crippen LogP contribution in [-0.2, 0) is 32.2 Å². The fraction of sp³-hybridized carbons (Fsp3) is 0.636. The largest absolute Gasteiger partial charge is 0.490 e. The predicted molar refractivity (Wildman–Crippen MR) is 164 cm³/mol. The Bertz CT molecular complexity index is 1020. The Hall–Kier alpha value is -2.20. The zero-order chi connectivity index (χ0) is 28.9. The van der Waals surface area contributed by atoms with Crippen molar-refractivity contribution in [3.8, 4) is 5.75 Å². The third-order valence-electron chi connectivity index (χ3n) is 7.98. The van der Waals surface area contributed by atoms with Gasteiger partial charge in [0.2, 0.25) is 0 Å². The molecule has 8 nitrogen and oxygen atoms in total. The van der Waals surface area contributed by atoms with Gasteiger partial charge in [-0.3, -0.25) is 0 Å². The summed E-state index contributed by atoms with van der Waals surface area (Å²) in [7, 11) is 1.76. The molecule has 2 aliphatic heterocycles. The molecule has 2 aliphatic rings. The van der Waals surface area contributed by atoms with E-state index in [1.165, 1.54) is 16.7 Å². The average molecular weight is 570 g/mol. The Kier molecular flexibility index (Phi) is 13.2. The second-order valence-corrected chi connectivity index (χ2v) is 11.1. The Morgan fingerprint density at radius 2 is 1.90 bits per heavy atom. The number of methoxy groups -OCH3 is 1. The summed E-state index contributed by atoms with van der Waals surface area (Å²) >= 11 is 0. The highest BCUT2D eigenvalue weighted by atomic mass is 16.5. The molecule has 2 N–H and O–H groups in total. The number of fused-ring (bicyclic) bond motifs is 1. The molecule has 0 saturated carbocycles. The molecule has 0 bridgehead atoms. The van der Waals surface area contributed by atoms with Crippen molar-refractivity contribution in [2.45, 2.75) is 58.5 Å². The summed E-state index contributed by atoms with van der Waals surface area (Å²) in [5.74, 6) is 1.70. The molecular formula is C33H51N3O5. The first-order valence-electron chi connectivity index (χ1n) is 15.4. The van der Waals surface area contributed by atoms with E-state index in [2.05, 4.69) is 64.9 Å². The zero-order valence-corrected chi connectivity index (χ0v) is 25.5. The quantitative estimate of drug-likeness (QED) is 0.272. The molecule has 228 valence electrons. The molecule has 4 rings (SSSR count). The maximum absolute atomic E-state index is 6.71. The van der Waals surface area contributed by atoms with Gasteiger partial charge >= 0.3 is 0 Å². The van der Waals surface area contributed by atoms with E-state index in [-0.39, 0.29) is 12.2 Å². The number of hydrogen-bond acceptors (Lipinski definition) is 8. The highest BCUT2D eigenvalue weighted by molar-refractivity contribution is 5.61. The van der Waals surface area contributed by atoms with Gasteiger partial charge in [-0.25, -0.2) is 0 Å². The van der Waals surface area contributed by atoms with E-state index in [1.54, 1.807) is 7.11 Å². The summed E-state index contributed by atoms with van der Waals surface area (Å²) in [4.78, 5) is 2.40. The third-order valence-corrected chi connectivity index (χ3v) is 7.98. The van der Waals surface area contributed by atoms with E-state index in [9.17, 15) is 0 Å². The second kappa shape index (κ2) is 17.0. The van der Waals surface area contributed by atoms with Crippen LogP contribution in [0.15, 0.2) is 42.5 Å². The number of hydrogen-bond donors (Lipinski definition) is 2. The molecule has 0 aliphatic carbocycles. The molecule has 0 unspecified atom stereocenters. The minimum absolute atomic E-state index is 0.0756. The van der Waals surface area contributed by atoms with Gasteiger partial charge in [0.05, 0.1) is 44.3 Å². The van der Waals surface area contributed by atoms with E-state index in [1.807, 2.05) is 13.8 Å². The van der Waals surface area contributed by atoms with E-state index < -0.39 is 0 Å². The van der Waals surface area contributed by atoms with Crippen LogP contribution in [0.3, 0.4) is 0 Å². The molecule has 41 heavy (non-hydrogen) atoms. The van der Waals surface area contributed by atoms with E-state index >= 15 is 0 Å². The van der Waals surface area contributed by atoms with Crippen LogP contribution in [0.1, 0.15) is 49.8 Å². The van der Waals surface area contributed by atoms with Gasteiger partial charge in [-0.1, -0.05) is 37.3 Å². The number of piperidine rings is 1. The Morgan fingerprint density at radius 1 is 1.07 bits per heavy atom. The minimum atomic E-state index is 0.0756. The average Bonchev–Trinajstić information content (AvgIpc) is 2.99. The first-order chi connectivity index (χ1) is 20.1. The van der Waals surface area contributed by atoms with Gasteiger partial charge in [0.1, 0.15) is 12.4 Å². The van der Waals surface area contributed by atoms with Crippen molar-refractivity contribution < 1.29 is 23.7 Å². The summed E-state index contributed by atoms with van der Waals surface area (Å²) in [6.07, 6.45) is 1.18. The van der Waals surface area contributed by atoms with Crippen molar-refractivity contribution >= 4 is 5.69 Å². The highest BCUT2D eigenvalue weighted by Crippen LogP contribution is 2.35. The molecular weight excluding hydrogens is 518 g/mol. The van der Waals surface area contributed by atoms with Crippen molar-refractivity contribution in [1.82, 2.24) is 10.6 Å². The van der Waals surface area contributed by atoms with Crippen molar-refractivity contribution in [3.05, 3.63) is 59.2 Å². The Morgan fingerprint density at radius 3 is 2.68 bits per heavy atom. The van der Waals surface area contributed by atoms with Crippen LogP contribution in [0.25, 0.3) is 0 Å². The predicted octanol–water partition coefficient (Wildman–Crippen LogP) is 4.36. The van der Waals surface area contributed by atoms with Crippen molar-refractivity contribution in [3.63, 3.8) is 0 Å². The first kappa shape index (κ1) is 31.7. The SMILES string of the molecule is CCNC[C@@H]1CNC[C@H](OCc2ccc3c(c2)N(CCCOC)CCO3)[C@H]1c1ccc(COC[C@@H](C)OCC)cc1. The van der Waals surface area contributed by atoms with Crippen molar-refractivity contribution in [1.29, 1.82) is 0 Å². The maximum Gasteiger partial charge on any atom is 0.142 e. The van der Waals surface area contributed by atoms with Gasteiger partial charge in [0, 0.05) is 39.3 Å². The van der Waals surface area contributed by atoms with Gasteiger partial charge in [0.15, 0.2) is 0 Å². The smallest absolute Gasteiger partial charge is 0.142 e. The number of anilines is 1. The summed E-state index contributed by atoms with van der Waals surface area (Å²) in [6.45, 7) is 15.8. The van der Waals surface area contributed by atoms with E-state index in [0.717, 1.165) is 70.3 Å². The molecule has 2 aromatic rings. The molecule has 4 atom stereocenters. The summed E-state index contributed by atoms with van der Waals surface area (Å²) in [5.41, 5.74) is 4.84. The summed E-state index contributed by atoms with van der Waals surface area (Å²) in [5, 5.41) is 7.22. The van der Waals surface area contributed by atoms with Crippen LogP contribution in [0.4, 0.5) is 5.69 Å². The lowest BCUT2D eigenvalue weighted by Crippen LogP contribution is -2.49. The third kappa shape index (κ3) is 9.40. The monoisotopic (exact) mass is 569 g/mol. The Labute approximate surface area is 247 Å². The molecule has 0 spiro atoms. The molecule has 0 radical (unpaired) electrons. The van der Waals surface area contributed by atoms with Crippen LogP contribution in [0.5, 0.6) is 5.75 Å². The lowest BCUT2D eigenvalue weighted by atomic mass is 9.79. The van der Waals surface area contributed by atoms with Crippen LogP contribution in [0.2, 0.25) is 0 Å². The van der Waals surface area contributed by atoms with E-state index in [0.29, 0.717) is 38.3 Å². The number of benzene rings is 2. The van der Waals surface area contributed by atoms with Crippen molar-refractivity contribution in [2.24, 2.45) is 5.92 Å². The molecule has 1 saturated heterocycles. The van der Waals surface area contributed by atoms with Gasteiger partial charge < -0.3 is 39.2 Å². The fourth-order valence-corrected chi connectivity index (χ4v) is 5.90. The van der Waals surface area contributed by atoms with Gasteiger partial charge in [-0.05, 0) is 74.6 Å². The number of nitrogens with one attached hydrogen (secondary N) is 2. The molecule has 8 heteroatoms. The summed E-state index contributed by atoms with van der Waals surface area (Å²) in [6, 6.07) is 15.4. The molecule has 2 heterocycles. The van der Waals surface area contributed by atoms with Gasteiger partial charge in [-0.2, -0.15) is 0 Å². The standard InChI is InChI=1S/C33H51N3O5/c1-5-34-19-29-20-35-21-32(33(29)28-11-8-26(9-12-28)23-38-22-25(3)39-6-2)41-24-27-10-13-31-30(18-27)36(15-17-40-31)14-7-16-37-4/h8-13,18,25,29,32-35H,5-7,14-17,19-24H2,1-4H3/t25-,29-,32+,33+/m1/s1. The van der Waals surface area contributed by atoms with Crippen LogP contribution in [-0.4, -0.2) is 85.0 Å². The minimum Gasteiger partial charge on any atom is -0.490 e. The van der Waals surface area contributed by atoms with Gasteiger partial charge in [-0.15, -0.1) is 0 Å². The molecule has 0 amide bonds. The number of ether oxygens (including phenoxy) is 5. The molecule has 1 fully saturated rings. The lowest BCUT2D eigenvalue weighted by Gasteiger charge is -2.39. The zero-order valence-electron chi connectivity index (χ0n) is 25.5. The van der Waals surface area contributed by atoms with Crippen LogP contribution >= 0.6 is 0 Å². The highest BCUT2D eigenvalue weighted by Gasteiger charge is 2.35. The van der Waals surface area contributed by atoms with Crippen molar-refractivity contribution in [2.75, 3.05) is 77.7 Å². The second-order valence-electron chi connectivity index (χ2n) is 11.1. The number of nitrogens with zero attached hydrogens (tertiary/aromatic N) is 1. The van der Waals surface area contributed by atoms with Gasteiger partial charge in [0.25, 0.3) is 0 Å². The van der Waals surface area contributed by atoms with Crippen LogP contribution in [0, 0.1) is 5.92 Å². The first-order valence-corrected chi connectivity index (χ1v) is 15.4. The number of rotatable bonds is 17. The normalized spacial score (nSPS) is 21.4. The maximum atomic E-state index is 6.71. The lowest BCUT2D eigenvalue weighted by molar-refractivity contribution is -0.00748. The topological polar surface area (TPSA) is 73.5 Å². The van der Waals surface area contributed by atoms with E-state index in [4.69, 9.17) is 23.7 Å². The molecule has 2 aromatic carbocycles.